The number of amides is 3. The van der Waals surface area contributed by atoms with Crippen molar-refractivity contribution < 1.29 is 14.0 Å². The predicted octanol–water partition coefficient (Wildman–Crippen LogP) is 3.85. The van der Waals surface area contributed by atoms with Crippen molar-refractivity contribution in [3.63, 3.8) is 0 Å². The van der Waals surface area contributed by atoms with Crippen molar-refractivity contribution in [1.82, 2.24) is 10.2 Å². The van der Waals surface area contributed by atoms with Crippen LogP contribution < -0.4 is 15.5 Å². The number of carbonyl (C=O) groups excluding carboxylic acids is 2. The Hall–Kier alpha value is -3.09. The Morgan fingerprint density at radius 2 is 1.50 bits per heavy atom. The second-order valence-electron chi connectivity index (χ2n) is 7.91. The maximum Gasteiger partial charge on any atom is 0.321 e. The SMILES string of the molecule is O=C(NC1CCCC1)c1ccc(NC(=O)N2CCN(c3ccc(F)cc3)CC2)cc1. The molecular formula is C23H27FN4O2. The zero-order chi connectivity index (χ0) is 20.9. The lowest BCUT2D eigenvalue weighted by Crippen LogP contribution is -2.50. The number of rotatable bonds is 4. The monoisotopic (exact) mass is 410 g/mol. The maximum atomic E-state index is 13.1. The number of carbonyl (C=O) groups is 2. The first-order valence-electron chi connectivity index (χ1n) is 10.6. The first kappa shape index (κ1) is 20.2. The molecule has 1 saturated heterocycles. The minimum absolute atomic E-state index is 0.0586. The standard InChI is InChI=1S/C23H27FN4O2/c24-18-7-11-21(12-8-18)27-13-15-28(16-14-27)23(30)26-20-9-5-17(6-10-20)22(29)25-19-3-1-2-4-19/h5-12,19H,1-4,13-16H2,(H,25,29)(H,26,30). The van der Waals surface area contributed by atoms with Crippen molar-refractivity contribution in [2.75, 3.05) is 36.4 Å². The fraction of sp³-hybridized carbons (Fsp3) is 0.391. The number of nitrogens with one attached hydrogen (secondary N) is 2. The van der Waals surface area contributed by atoms with Crippen LogP contribution in [0.15, 0.2) is 48.5 Å². The molecule has 4 rings (SSSR count). The van der Waals surface area contributed by atoms with Gasteiger partial charge in [-0.05, 0) is 61.4 Å². The van der Waals surface area contributed by atoms with Gasteiger partial charge in [0.1, 0.15) is 5.82 Å². The summed E-state index contributed by atoms with van der Waals surface area (Å²) in [5.41, 5.74) is 2.23. The van der Waals surface area contributed by atoms with E-state index in [-0.39, 0.29) is 23.8 Å². The Balaban J connectivity index is 1.26. The quantitative estimate of drug-likeness (QED) is 0.805. The van der Waals surface area contributed by atoms with E-state index < -0.39 is 0 Å². The second-order valence-corrected chi connectivity index (χ2v) is 7.91. The Bertz CT molecular complexity index is 871. The molecule has 0 bridgehead atoms. The van der Waals surface area contributed by atoms with E-state index in [1.807, 2.05) is 0 Å². The molecule has 1 saturated carbocycles. The number of benzene rings is 2. The van der Waals surface area contributed by atoms with E-state index >= 15 is 0 Å². The minimum Gasteiger partial charge on any atom is -0.368 e. The van der Waals surface area contributed by atoms with E-state index in [0.717, 1.165) is 18.5 Å². The molecule has 1 aliphatic carbocycles. The third kappa shape index (κ3) is 4.90. The van der Waals surface area contributed by atoms with Gasteiger partial charge in [-0.15, -0.1) is 0 Å². The van der Waals surface area contributed by atoms with E-state index in [4.69, 9.17) is 0 Å². The number of nitrogens with zero attached hydrogens (tertiary/aromatic N) is 2. The Kier molecular flexibility index (Phi) is 6.16. The van der Waals surface area contributed by atoms with Gasteiger partial charge in [-0.1, -0.05) is 12.8 Å². The molecule has 2 N–H and O–H groups in total. The van der Waals surface area contributed by atoms with Crippen LogP contribution in [0.3, 0.4) is 0 Å². The molecule has 6 nitrogen and oxygen atoms in total. The number of urea groups is 1. The van der Waals surface area contributed by atoms with E-state index in [9.17, 15) is 14.0 Å². The number of halogens is 1. The molecule has 2 aromatic carbocycles. The smallest absolute Gasteiger partial charge is 0.321 e. The molecule has 2 fully saturated rings. The van der Waals surface area contributed by atoms with Crippen LogP contribution in [0.25, 0.3) is 0 Å². The topological polar surface area (TPSA) is 64.7 Å². The molecule has 0 spiro atoms. The van der Waals surface area contributed by atoms with Crippen molar-refractivity contribution in [2.24, 2.45) is 0 Å². The summed E-state index contributed by atoms with van der Waals surface area (Å²) in [5, 5.41) is 5.97. The van der Waals surface area contributed by atoms with Crippen LogP contribution in [0, 0.1) is 5.82 Å². The fourth-order valence-corrected chi connectivity index (χ4v) is 4.07. The van der Waals surface area contributed by atoms with Crippen LogP contribution in [0.2, 0.25) is 0 Å². The molecular weight excluding hydrogens is 383 g/mol. The lowest BCUT2D eigenvalue weighted by molar-refractivity contribution is 0.0938. The highest BCUT2D eigenvalue weighted by molar-refractivity contribution is 5.95. The minimum atomic E-state index is -0.251. The van der Waals surface area contributed by atoms with E-state index in [0.29, 0.717) is 37.4 Å². The van der Waals surface area contributed by atoms with Gasteiger partial charge in [-0.2, -0.15) is 0 Å². The van der Waals surface area contributed by atoms with Gasteiger partial charge < -0.3 is 20.4 Å². The van der Waals surface area contributed by atoms with Crippen molar-refractivity contribution in [3.05, 3.63) is 59.9 Å². The van der Waals surface area contributed by atoms with Crippen LogP contribution in [0.5, 0.6) is 0 Å². The van der Waals surface area contributed by atoms with Crippen molar-refractivity contribution in [2.45, 2.75) is 31.7 Å². The molecule has 158 valence electrons. The van der Waals surface area contributed by atoms with Crippen LogP contribution in [-0.2, 0) is 0 Å². The van der Waals surface area contributed by atoms with E-state index in [1.165, 1.54) is 25.0 Å². The fourth-order valence-electron chi connectivity index (χ4n) is 4.07. The highest BCUT2D eigenvalue weighted by Crippen LogP contribution is 2.19. The summed E-state index contributed by atoms with van der Waals surface area (Å²) in [7, 11) is 0. The number of hydrogen-bond donors (Lipinski definition) is 2. The lowest BCUT2D eigenvalue weighted by atomic mass is 10.1. The maximum absolute atomic E-state index is 13.1. The predicted molar refractivity (Wildman–Crippen MR) is 115 cm³/mol. The van der Waals surface area contributed by atoms with Crippen molar-refractivity contribution in [1.29, 1.82) is 0 Å². The summed E-state index contributed by atoms with van der Waals surface area (Å²) in [6.45, 7) is 2.56. The van der Waals surface area contributed by atoms with Crippen molar-refractivity contribution >= 4 is 23.3 Å². The average molecular weight is 410 g/mol. The summed E-state index contributed by atoms with van der Waals surface area (Å²) in [6.07, 6.45) is 4.45. The molecule has 1 heterocycles. The summed E-state index contributed by atoms with van der Waals surface area (Å²) >= 11 is 0. The molecule has 3 amide bonds. The Labute approximate surface area is 176 Å². The zero-order valence-electron chi connectivity index (χ0n) is 16.9. The van der Waals surface area contributed by atoms with Crippen LogP contribution in [0.4, 0.5) is 20.6 Å². The number of piperazine rings is 1. The van der Waals surface area contributed by atoms with Gasteiger partial charge in [0, 0.05) is 49.2 Å². The summed E-state index contributed by atoms with van der Waals surface area (Å²) in [4.78, 5) is 28.8. The van der Waals surface area contributed by atoms with Gasteiger partial charge in [0.15, 0.2) is 0 Å². The molecule has 0 unspecified atom stereocenters. The third-order valence-electron chi connectivity index (χ3n) is 5.85. The Morgan fingerprint density at radius 1 is 0.867 bits per heavy atom. The first-order valence-corrected chi connectivity index (χ1v) is 10.6. The molecule has 30 heavy (non-hydrogen) atoms. The summed E-state index contributed by atoms with van der Waals surface area (Å²) in [5.74, 6) is -0.310. The molecule has 0 radical (unpaired) electrons. The summed E-state index contributed by atoms with van der Waals surface area (Å²) in [6, 6.07) is 13.6. The molecule has 7 heteroatoms. The van der Waals surface area contributed by atoms with Gasteiger partial charge in [0.25, 0.3) is 5.91 Å². The molecule has 1 aliphatic heterocycles. The van der Waals surface area contributed by atoms with Gasteiger partial charge in [0.2, 0.25) is 0 Å². The van der Waals surface area contributed by atoms with Crippen molar-refractivity contribution in [3.8, 4) is 0 Å². The summed E-state index contributed by atoms with van der Waals surface area (Å²) < 4.78 is 13.1. The zero-order valence-corrected chi connectivity index (χ0v) is 16.9. The largest absolute Gasteiger partial charge is 0.368 e. The molecule has 0 atom stereocenters. The highest BCUT2D eigenvalue weighted by Gasteiger charge is 2.22. The van der Waals surface area contributed by atoms with Gasteiger partial charge >= 0.3 is 6.03 Å². The van der Waals surface area contributed by atoms with Crippen LogP contribution >= 0.6 is 0 Å². The van der Waals surface area contributed by atoms with Gasteiger partial charge in [-0.25, -0.2) is 9.18 Å². The highest BCUT2D eigenvalue weighted by atomic mass is 19.1. The molecule has 2 aromatic rings. The average Bonchev–Trinajstić information content (AvgIpc) is 3.28. The van der Waals surface area contributed by atoms with E-state index in [2.05, 4.69) is 15.5 Å². The van der Waals surface area contributed by atoms with Crippen LogP contribution in [-0.4, -0.2) is 49.1 Å². The lowest BCUT2D eigenvalue weighted by Gasteiger charge is -2.36. The number of anilines is 2. The van der Waals surface area contributed by atoms with Gasteiger partial charge in [0.05, 0.1) is 0 Å². The Morgan fingerprint density at radius 3 is 2.13 bits per heavy atom. The first-order chi connectivity index (χ1) is 14.6. The third-order valence-corrected chi connectivity index (χ3v) is 5.85. The molecule has 0 aromatic heterocycles. The number of hydrogen-bond acceptors (Lipinski definition) is 3. The molecule has 2 aliphatic rings. The van der Waals surface area contributed by atoms with Gasteiger partial charge in [-0.3, -0.25) is 4.79 Å². The van der Waals surface area contributed by atoms with E-state index in [1.54, 1.807) is 41.3 Å². The van der Waals surface area contributed by atoms with Crippen LogP contribution in [0.1, 0.15) is 36.0 Å². The second kappa shape index (κ2) is 9.15. The normalized spacial score (nSPS) is 17.1.